The number of hydrogen-bond donors (Lipinski definition) is 2. The molecule has 0 amide bonds. The summed E-state index contributed by atoms with van der Waals surface area (Å²) in [6.45, 7) is 1.83. The molecule has 0 spiro atoms. The fourth-order valence-electron chi connectivity index (χ4n) is 3.70. The average Bonchev–Trinajstić information content (AvgIpc) is 3.37. The number of rotatable bonds is 11. The Morgan fingerprint density at radius 3 is 2.57 bits per heavy atom. The standard InChI is InChI=1S/C25H28N8O4/c1-5-20(35)17-12-26-21(30-22-13-28-23(14-27-22)37-10-9-34)11-19(17)33(3)18-8-6-7-16(24(18)36-4)25-29-15-32(2)31-25/h6-8,11-15,34H,5,9-10H2,1-4H3,(H,26,27,30). The van der Waals surface area contributed by atoms with Crippen molar-refractivity contribution < 1.29 is 19.4 Å². The Morgan fingerprint density at radius 2 is 1.92 bits per heavy atom. The van der Waals surface area contributed by atoms with E-state index in [1.54, 1.807) is 37.4 Å². The van der Waals surface area contributed by atoms with Crippen LogP contribution in [-0.2, 0) is 7.05 Å². The zero-order chi connectivity index (χ0) is 26.4. The van der Waals surface area contributed by atoms with Crippen LogP contribution in [0.15, 0.2) is 49.2 Å². The van der Waals surface area contributed by atoms with Crippen LogP contribution >= 0.6 is 0 Å². The van der Waals surface area contributed by atoms with E-state index in [1.807, 2.05) is 37.1 Å². The predicted molar refractivity (Wildman–Crippen MR) is 138 cm³/mol. The molecule has 3 aromatic heterocycles. The molecule has 192 valence electrons. The highest BCUT2D eigenvalue weighted by Gasteiger charge is 2.22. The number of carbonyl (C=O) groups is 1. The van der Waals surface area contributed by atoms with Crippen LogP contribution in [0.1, 0.15) is 23.7 Å². The van der Waals surface area contributed by atoms with Crippen molar-refractivity contribution >= 4 is 28.8 Å². The molecular formula is C25H28N8O4. The molecule has 0 bridgehead atoms. The van der Waals surface area contributed by atoms with E-state index in [0.717, 1.165) is 11.3 Å². The van der Waals surface area contributed by atoms with Crippen molar-refractivity contribution in [1.29, 1.82) is 0 Å². The van der Waals surface area contributed by atoms with Gasteiger partial charge in [0.2, 0.25) is 5.88 Å². The number of aliphatic hydroxyl groups excluding tert-OH is 1. The van der Waals surface area contributed by atoms with Crippen LogP contribution < -0.4 is 19.7 Å². The normalized spacial score (nSPS) is 10.7. The first-order chi connectivity index (χ1) is 17.9. The van der Waals surface area contributed by atoms with E-state index >= 15 is 0 Å². The van der Waals surface area contributed by atoms with Gasteiger partial charge < -0.3 is 24.8 Å². The number of aryl methyl sites for hydroxylation is 1. The molecule has 0 saturated heterocycles. The summed E-state index contributed by atoms with van der Waals surface area (Å²) >= 11 is 0. The summed E-state index contributed by atoms with van der Waals surface area (Å²) in [6.07, 6.45) is 6.43. The van der Waals surface area contributed by atoms with E-state index in [0.29, 0.717) is 46.8 Å². The van der Waals surface area contributed by atoms with Crippen molar-refractivity contribution in [2.45, 2.75) is 13.3 Å². The lowest BCUT2D eigenvalue weighted by molar-refractivity contribution is 0.0988. The lowest BCUT2D eigenvalue weighted by Gasteiger charge is -2.25. The number of hydrogen-bond acceptors (Lipinski definition) is 11. The molecule has 4 aromatic rings. The molecule has 0 saturated carbocycles. The topological polar surface area (TPSA) is 140 Å². The molecule has 0 unspecified atom stereocenters. The summed E-state index contributed by atoms with van der Waals surface area (Å²) in [5.41, 5.74) is 2.55. The van der Waals surface area contributed by atoms with Gasteiger partial charge >= 0.3 is 0 Å². The Hall–Kier alpha value is -4.58. The van der Waals surface area contributed by atoms with Crippen molar-refractivity contribution in [2.24, 2.45) is 7.05 Å². The summed E-state index contributed by atoms with van der Waals surface area (Å²) < 4.78 is 12.7. The molecular weight excluding hydrogens is 476 g/mol. The molecule has 0 aliphatic heterocycles. The summed E-state index contributed by atoms with van der Waals surface area (Å²) in [4.78, 5) is 31.9. The first-order valence-corrected chi connectivity index (χ1v) is 11.6. The molecule has 1 aromatic carbocycles. The van der Waals surface area contributed by atoms with Crippen LogP contribution in [0.5, 0.6) is 11.6 Å². The maximum atomic E-state index is 12.8. The van der Waals surface area contributed by atoms with Gasteiger partial charge in [-0.1, -0.05) is 13.0 Å². The monoisotopic (exact) mass is 504 g/mol. The van der Waals surface area contributed by atoms with E-state index < -0.39 is 0 Å². The van der Waals surface area contributed by atoms with Gasteiger partial charge in [0.25, 0.3) is 0 Å². The highest BCUT2D eigenvalue weighted by molar-refractivity contribution is 6.02. The van der Waals surface area contributed by atoms with Gasteiger partial charge in [0.05, 0.1) is 48.6 Å². The summed E-state index contributed by atoms with van der Waals surface area (Å²) in [7, 11) is 5.24. The number of pyridine rings is 1. The number of carbonyl (C=O) groups excluding carboxylic acids is 1. The largest absolute Gasteiger partial charge is 0.494 e. The third-order valence-corrected chi connectivity index (χ3v) is 5.49. The second kappa shape index (κ2) is 11.4. The maximum absolute atomic E-state index is 12.8. The highest BCUT2D eigenvalue weighted by Crippen LogP contribution is 2.40. The second-order valence-electron chi connectivity index (χ2n) is 7.96. The van der Waals surface area contributed by atoms with Crippen molar-refractivity contribution in [1.82, 2.24) is 29.7 Å². The van der Waals surface area contributed by atoms with Crippen LogP contribution in [0.2, 0.25) is 0 Å². The van der Waals surface area contributed by atoms with Gasteiger partial charge in [0, 0.05) is 32.8 Å². The summed E-state index contributed by atoms with van der Waals surface area (Å²) in [5.74, 6) is 2.25. The number of benzene rings is 1. The zero-order valence-electron chi connectivity index (χ0n) is 21.0. The van der Waals surface area contributed by atoms with Crippen LogP contribution in [0.25, 0.3) is 11.4 Å². The Balaban J connectivity index is 1.71. The van der Waals surface area contributed by atoms with E-state index in [9.17, 15) is 4.79 Å². The van der Waals surface area contributed by atoms with Crippen molar-refractivity contribution in [3.63, 3.8) is 0 Å². The minimum atomic E-state index is -0.114. The number of methoxy groups -OCH3 is 1. The van der Waals surface area contributed by atoms with Gasteiger partial charge in [-0.15, -0.1) is 0 Å². The molecule has 12 heteroatoms. The number of Topliss-reactive ketones (excluding diaryl/α,β-unsaturated/α-hetero) is 1. The van der Waals surface area contributed by atoms with Crippen molar-refractivity contribution in [2.75, 3.05) is 37.6 Å². The van der Waals surface area contributed by atoms with E-state index in [1.165, 1.54) is 12.4 Å². The Kier molecular flexibility index (Phi) is 7.89. The lowest BCUT2D eigenvalue weighted by atomic mass is 10.1. The van der Waals surface area contributed by atoms with E-state index in [4.69, 9.17) is 14.6 Å². The Labute approximate surface area is 214 Å². The third-order valence-electron chi connectivity index (χ3n) is 5.49. The molecule has 0 atom stereocenters. The number of ether oxygens (including phenoxy) is 2. The maximum Gasteiger partial charge on any atom is 0.232 e. The molecule has 2 N–H and O–H groups in total. The van der Waals surface area contributed by atoms with Gasteiger partial charge in [0.15, 0.2) is 17.4 Å². The Morgan fingerprint density at radius 1 is 1.11 bits per heavy atom. The van der Waals surface area contributed by atoms with E-state index in [-0.39, 0.29) is 19.0 Å². The number of nitrogens with one attached hydrogen (secondary N) is 1. The fraction of sp³-hybridized carbons (Fsp3) is 0.280. The lowest BCUT2D eigenvalue weighted by Crippen LogP contribution is -2.16. The third kappa shape index (κ3) is 5.64. The number of nitrogens with zero attached hydrogens (tertiary/aromatic N) is 7. The molecule has 0 fully saturated rings. The predicted octanol–water partition coefficient (Wildman–Crippen LogP) is 3.15. The van der Waals surface area contributed by atoms with Gasteiger partial charge in [-0.25, -0.2) is 19.9 Å². The number of ketones is 1. The van der Waals surface area contributed by atoms with Crippen molar-refractivity contribution in [3.05, 3.63) is 54.7 Å². The quantitative estimate of drug-likeness (QED) is 0.291. The number of aliphatic hydroxyl groups is 1. The van der Waals surface area contributed by atoms with Crippen LogP contribution in [0.4, 0.5) is 23.0 Å². The second-order valence-corrected chi connectivity index (χ2v) is 7.96. The molecule has 0 radical (unpaired) electrons. The summed E-state index contributed by atoms with van der Waals surface area (Å²) in [6, 6.07) is 7.44. The number of aromatic nitrogens is 6. The molecule has 0 aliphatic rings. The smallest absolute Gasteiger partial charge is 0.232 e. The fourth-order valence-corrected chi connectivity index (χ4v) is 3.70. The SMILES string of the molecule is CCC(=O)c1cnc(Nc2cnc(OCCO)cn2)cc1N(C)c1cccc(-c2ncn(C)n2)c1OC. The summed E-state index contributed by atoms with van der Waals surface area (Å²) in [5, 5.41) is 16.4. The molecule has 0 aliphatic carbocycles. The van der Waals surface area contributed by atoms with Crippen LogP contribution in [0, 0.1) is 0 Å². The first kappa shape index (κ1) is 25.5. The number of para-hydroxylation sites is 1. The average molecular weight is 505 g/mol. The zero-order valence-corrected chi connectivity index (χ0v) is 21.0. The Bertz CT molecular complexity index is 1370. The van der Waals surface area contributed by atoms with Gasteiger partial charge in [-0.3, -0.25) is 9.48 Å². The molecule has 3 heterocycles. The van der Waals surface area contributed by atoms with Gasteiger partial charge in [0.1, 0.15) is 24.6 Å². The van der Waals surface area contributed by atoms with E-state index in [2.05, 4.69) is 30.4 Å². The van der Waals surface area contributed by atoms with Crippen LogP contribution in [0.3, 0.4) is 0 Å². The highest BCUT2D eigenvalue weighted by atomic mass is 16.5. The minimum absolute atomic E-state index is 0.0485. The van der Waals surface area contributed by atoms with Crippen molar-refractivity contribution in [3.8, 4) is 23.0 Å². The first-order valence-electron chi connectivity index (χ1n) is 11.6. The minimum Gasteiger partial charge on any atom is -0.494 e. The number of anilines is 4. The van der Waals surface area contributed by atoms with Gasteiger partial charge in [-0.05, 0) is 12.1 Å². The molecule has 12 nitrogen and oxygen atoms in total. The van der Waals surface area contributed by atoms with Crippen LogP contribution in [-0.4, -0.2) is 68.0 Å². The van der Waals surface area contributed by atoms with Gasteiger partial charge in [-0.2, -0.15) is 5.10 Å². The molecule has 4 rings (SSSR count). The molecule has 37 heavy (non-hydrogen) atoms.